The monoisotopic (exact) mass is 308 g/mol. The molecule has 1 aromatic carbocycles. The van der Waals surface area contributed by atoms with E-state index in [-0.39, 0.29) is 10.6 Å². The third kappa shape index (κ3) is 3.61. The molecule has 0 aliphatic heterocycles. The number of ether oxygens (including phenoxy) is 1. The Morgan fingerprint density at radius 2 is 2.10 bits per heavy atom. The summed E-state index contributed by atoms with van der Waals surface area (Å²) in [5, 5.41) is 8.18. The number of nitrogens with two attached hydrogens (primary N) is 2. The van der Waals surface area contributed by atoms with Crippen LogP contribution in [0.3, 0.4) is 0 Å². The number of hydrogen-bond acceptors (Lipinski definition) is 6. The number of nitrogens with one attached hydrogen (secondary N) is 1. The molecule has 1 aromatic heterocycles. The van der Waals surface area contributed by atoms with E-state index >= 15 is 0 Å². The van der Waals surface area contributed by atoms with E-state index in [1.807, 2.05) is 6.07 Å². The number of pyridine rings is 1. The van der Waals surface area contributed by atoms with Crippen molar-refractivity contribution in [2.45, 2.75) is 11.4 Å². The van der Waals surface area contributed by atoms with Crippen molar-refractivity contribution in [3.8, 4) is 5.88 Å². The van der Waals surface area contributed by atoms with Crippen LogP contribution in [0.1, 0.15) is 5.56 Å². The summed E-state index contributed by atoms with van der Waals surface area (Å²) in [6.07, 6.45) is 1.62. The predicted octanol–water partition coefficient (Wildman–Crippen LogP) is 0.932. The van der Waals surface area contributed by atoms with Gasteiger partial charge in [-0.1, -0.05) is 6.07 Å². The molecule has 0 amide bonds. The van der Waals surface area contributed by atoms with E-state index in [9.17, 15) is 8.42 Å². The first-order chi connectivity index (χ1) is 9.91. The number of benzene rings is 1. The van der Waals surface area contributed by atoms with Crippen molar-refractivity contribution in [2.24, 2.45) is 5.14 Å². The third-order valence-electron chi connectivity index (χ3n) is 2.86. The molecule has 112 valence electrons. The number of aromatic nitrogens is 1. The van der Waals surface area contributed by atoms with Gasteiger partial charge in [0.15, 0.2) is 0 Å². The van der Waals surface area contributed by atoms with Crippen LogP contribution >= 0.6 is 0 Å². The van der Waals surface area contributed by atoms with E-state index in [1.165, 1.54) is 13.2 Å². The van der Waals surface area contributed by atoms with E-state index in [0.717, 1.165) is 5.56 Å². The van der Waals surface area contributed by atoms with Gasteiger partial charge in [0.05, 0.1) is 18.5 Å². The molecule has 1 heterocycles. The topological polar surface area (TPSA) is 120 Å². The minimum absolute atomic E-state index is 0.0974. The van der Waals surface area contributed by atoms with Crippen LogP contribution in [0.4, 0.5) is 11.4 Å². The first kappa shape index (κ1) is 15.1. The Hall–Kier alpha value is -2.32. The average molecular weight is 308 g/mol. The summed E-state index contributed by atoms with van der Waals surface area (Å²) >= 11 is 0. The van der Waals surface area contributed by atoms with Crippen LogP contribution in [-0.2, 0) is 16.6 Å². The summed E-state index contributed by atoms with van der Waals surface area (Å²) in [6, 6.07) is 8.21. The standard InChI is InChI=1S/C13H16N4O3S/c1-20-12-7-9(5-6-16-12)8-17-10-3-2-4-11(13(10)14)21(15,18)19/h2-7,17H,8,14H2,1H3,(H2,15,18,19). The SMILES string of the molecule is COc1cc(CNc2cccc(S(N)(=O)=O)c2N)ccn1. The molecule has 2 rings (SSSR count). The summed E-state index contributed by atoms with van der Waals surface area (Å²) in [4.78, 5) is 3.91. The molecule has 0 aliphatic rings. The minimum atomic E-state index is -3.84. The number of sulfonamides is 1. The highest BCUT2D eigenvalue weighted by atomic mass is 32.2. The van der Waals surface area contributed by atoms with E-state index in [0.29, 0.717) is 18.1 Å². The van der Waals surface area contributed by atoms with Crippen LogP contribution in [0.2, 0.25) is 0 Å². The van der Waals surface area contributed by atoms with Gasteiger partial charge in [-0.15, -0.1) is 0 Å². The maximum atomic E-state index is 11.4. The smallest absolute Gasteiger partial charge is 0.240 e. The lowest BCUT2D eigenvalue weighted by Crippen LogP contribution is -2.15. The van der Waals surface area contributed by atoms with Crippen LogP contribution in [0.5, 0.6) is 5.88 Å². The number of para-hydroxylation sites is 1. The number of nitrogen functional groups attached to an aromatic ring is 1. The Kier molecular flexibility index (Phi) is 4.29. The number of nitrogens with zero attached hydrogens (tertiary/aromatic N) is 1. The van der Waals surface area contributed by atoms with E-state index in [1.54, 1.807) is 24.4 Å². The van der Waals surface area contributed by atoms with E-state index in [4.69, 9.17) is 15.6 Å². The number of anilines is 2. The molecule has 0 fully saturated rings. The normalized spacial score (nSPS) is 11.1. The summed E-state index contributed by atoms with van der Waals surface area (Å²) in [5.74, 6) is 0.501. The van der Waals surface area contributed by atoms with Gasteiger partial charge >= 0.3 is 0 Å². The lowest BCUT2D eigenvalue weighted by Gasteiger charge is -2.12. The van der Waals surface area contributed by atoms with Gasteiger partial charge in [0.2, 0.25) is 15.9 Å². The fourth-order valence-electron chi connectivity index (χ4n) is 1.82. The lowest BCUT2D eigenvalue weighted by molar-refractivity contribution is 0.397. The molecule has 0 radical (unpaired) electrons. The largest absolute Gasteiger partial charge is 0.481 e. The van der Waals surface area contributed by atoms with Crippen molar-refractivity contribution in [1.29, 1.82) is 0 Å². The molecule has 0 saturated heterocycles. The number of methoxy groups -OCH3 is 1. The second kappa shape index (κ2) is 5.98. The zero-order valence-electron chi connectivity index (χ0n) is 11.4. The molecule has 5 N–H and O–H groups in total. The second-order valence-electron chi connectivity index (χ2n) is 4.32. The van der Waals surface area contributed by atoms with Crippen molar-refractivity contribution in [3.05, 3.63) is 42.1 Å². The predicted molar refractivity (Wildman–Crippen MR) is 80.3 cm³/mol. The van der Waals surface area contributed by atoms with Gasteiger partial charge in [0, 0.05) is 18.8 Å². The second-order valence-corrected chi connectivity index (χ2v) is 5.85. The van der Waals surface area contributed by atoms with Crippen LogP contribution in [-0.4, -0.2) is 20.5 Å². The molecule has 2 aromatic rings. The minimum Gasteiger partial charge on any atom is -0.481 e. The Balaban J connectivity index is 2.21. The van der Waals surface area contributed by atoms with Gasteiger partial charge in [0.25, 0.3) is 0 Å². The summed E-state index contributed by atoms with van der Waals surface area (Å²) in [5.41, 5.74) is 7.35. The Morgan fingerprint density at radius 3 is 2.76 bits per heavy atom. The van der Waals surface area contributed by atoms with Gasteiger partial charge in [-0.05, 0) is 23.8 Å². The summed E-state index contributed by atoms with van der Waals surface area (Å²) in [6.45, 7) is 0.442. The molecule has 21 heavy (non-hydrogen) atoms. The lowest BCUT2D eigenvalue weighted by atomic mass is 10.2. The quantitative estimate of drug-likeness (QED) is 0.707. The van der Waals surface area contributed by atoms with Crippen molar-refractivity contribution in [2.75, 3.05) is 18.2 Å². The number of primary sulfonamides is 1. The molecule has 0 saturated carbocycles. The molecular weight excluding hydrogens is 292 g/mol. The van der Waals surface area contributed by atoms with Crippen molar-refractivity contribution >= 4 is 21.4 Å². The number of rotatable bonds is 5. The van der Waals surface area contributed by atoms with Crippen LogP contribution in [0.15, 0.2) is 41.4 Å². The highest BCUT2D eigenvalue weighted by molar-refractivity contribution is 7.89. The van der Waals surface area contributed by atoms with Crippen LogP contribution in [0, 0.1) is 0 Å². The van der Waals surface area contributed by atoms with Crippen molar-refractivity contribution in [1.82, 2.24) is 4.98 Å². The Bertz CT molecular complexity index is 747. The van der Waals surface area contributed by atoms with Crippen LogP contribution in [0.25, 0.3) is 0 Å². The fourth-order valence-corrected chi connectivity index (χ4v) is 2.50. The third-order valence-corrected chi connectivity index (χ3v) is 3.83. The fraction of sp³-hybridized carbons (Fsp3) is 0.154. The molecule has 0 spiro atoms. The highest BCUT2D eigenvalue weighted by Crippen LogP contribution is 2.26. The van der Waals surface area contributed by atoms with Crippen molar-refractivity contribution in [3.63, 3.8) is 0 Å². The average Bonchev–Trinajstić information content (AvgIpc) is 2.45. The zero-order chi connectivity index (χ0) is 15.5. The first-order valence-electron chi connectivity index (χ1n) is 6.06. The highest BCUT2D eigenvalue weighted by Gasteiger charge is 2.14. The van der Waals surface area contributed by atoms with Gasteiger partial charge in [-0.2, -0.15) is 0 Å². The van der Waals surface area contributed by atoms with E-state index in [2.05, 4.69) is 10.3 Å². The van der Waals surface area contributed by atoms with Gasteiger partial charge in [0.1, 0.15) is 4.90 Å². The zero-order valence-corrected chi connectivity index (χ0v) is 12.2. The molecule has 7 nitrogen and oxygen atoms in total. The maximum Gasteiger partial charge on any atom is 0.240 e. The summed E-state index contributed by atoms with van der Waals surface area (Å²) in [7, 11) is -2.31. The first-order valence-corrected chi connectivity index (χ1v) is 7.60. The molecular formula is C13H16N4O3S. The Morgan fingerprint density at radius 1 is 1.33 bits per heavy atom. The van der Waals surface area contributed by atoms with Gasteiger partial charge < -0.3 is 15.8 Å². The molecule has 0 bridgehead atoms. The van der Waals surface area contributed by atoms with Crippen LogP contribution < -0.4 is 20.9 Å². The molecule has 0 aliphatic carbocycles. The molecule has 0 atom stereocenters. The maximum absolute atomic E-state index is 11.4. The molecule has 0 unspecified atom stereocenters. The van der Waals surface area contributed by atoms with Gasteiger partial charge in [-0.3, -0.25) is 0 Å². The molecule has 8 heteroatoms. The Labute approximate surface area is 123 Å². The number of hydrogen-bond donors (Lipinski definition) is 3. The summed E-state index contributed by atoms with van der Waals surface area (Å²) < 4.78 is 27.9. The van der Waals surface area contributed by atoms with E-state index < -0.39 is 10.0 Å². The van der Waals surface area contributed by atoms with Gasteiger partial charge in [-0.25, -0.2) is 18.5 Å². The van der Waals surface area contributed by atoms with Crippen molar-refractivity contribution < 1.29 is 13.2 Å².